The van der Waals surface area contributed by atoms with E-state index in [1.165, 1.54) is 0 Å². The second-order valence-electron chi connectivity index (χ2n) is 4.86. The van der Waals surface area contributed by atoms with Crippen LogP contribution < -0.4 is 10.5 Å². The average Bonchev–Trinajstić information content (AvgIpc) is 2.27. The number of hydrogen-bond donors (Lipinski definition) is 2. The maximum atomic E-state index is 11.3. The average molecular weight is 251 g/mol. The molecule has 0 aromatic heterocycles. The molecule has 0 saturated heterocycles. The molecule has 1 aromatic rings. The normalized spacial score (nSPS) is 14.3. The van der Waals surface area contributed by atoms with Gasteiger partial charge in [-0.2, -0.15) is 0 Å². The molecule has 18 heavy (non-hydrogen) atoms. The van der Waals surface area contributed by atoms with Crippen LogP contribution >= 0.6 is 0 Å². The predicted octanol–water partition coefficient (Wildman–Crippen LogP) is 2.36. The van der Waals surface area contributed by atoms with Crippen molar-refractivity contribution in [2.45, 2.75) is 26.8 Å². The lowest BCUT2D eigenvalue weighted by atomic mass is 9.85. The molecule has 0 amide bonds. The Morgan fingerprint density at radius 2 is 2.00 bits per heavy atom. The topological polar surface area (TPSA) is 72.5 Å². The number of rotatable bonds is 5. The minimum absolute atomic E-state index is 0.0140. The van der Waals surface area contributed by atoms with E-state index in [1.807, 2.05) is 39.0 Å². The lowest BCUT2D eigenvalue weighted by molar-refractivity contribution is -0.144. The zero-order valence-electron chi connectivity index (χ0n) is 11.3. The maximum Gasteiger partial charge on any atom is 0.308 e. The molecule has 100 valence electrons. The van der Waals surface area contributed by atoms with E-state index in [9.17, 15) is 9.90 Å². The monoisotopic (exact) mass is 251 g/mol. The van der Waals surface area contributed by atoms with Crippen LogP contribution in [0.15, 0.2) is 18.2 Å². The smallest absolute Gasteiger partial charge is 0.308 e. The summed E-state index contributed by atoms with van der Waals surface area (Å²) in [5, 5.41) is 9.24. The molecular formula is C14H21NO3. The van der Waals surface area contributed by atoms with Crippen molar-refractivity contribution in [3.63, 3.8) is 0 Å². The van der Waals surface area contributed by atoms with Gasteiger partial charge in [-0.3, -0.25) is 4.79 Å². The SMILES string of the molecule is COc1ccc(C(N)C(C(=O)O)C(C)C)cc1C. The van der Waals surface area contributed by atoms with E-state index in [0.29, 0.717) is 0 Å². The summed E-state index contributed by atoms with van der Waals surface area (Å²) in [4.78, 5) is 11.3. The third-order valence-electron chi connectivity index (χ3n) is 3.19. The van der Waals surface area contributed by atoms with Crippen LogP contribution in [0.2, 0.25) is 0 Å². The molecule has 0 saturated carbocycles. The number of carbonyl (C=O) groups is 1. The fraction of sp³-hybridized carbons (Fsp3) is 0.500. The summed E-state index contributed by atoms with van der Waals surface area (Å²) >= 11 is 0. The first kappa shape index (κ1) is 14.5. The molecule has 2 atom stereocenters. The fourth-order valence-electron chi connectivity index (χ4n) is 2.17. The van der Waals surface area contributed by atoms with E-state index in [1.54, 1.807) is 7.11 Å². The summed E-state index contributed by atoms with van der Waals surface area (Å²) in [6, 6.07) is 5.03. The number of hydrogen-bond acceptors (Lipinski definition) is 3. The van der Waals surface area contributed by atoms with Crippen molar-refractivity contribution in [2.24, 2.45) is 17.6 Å². The van der Waals surface area contributed by atoms with Crippen molar-refractivity contribution in [2.75, 3.05) is 7.11 Å². The minimum atomic E-state index is -0.856. The number of methoxy groups -OCH3 is 1. The largest absolute Gasteiger partial charge is 0.496 e. The zero-order chi connectivity index (χ0) is 13.9. The summed E-state index contributed by atoms with van der Waals surface area (Å²) in [6.07, 6.45) is 0. The highest BCUT2D eigenvalue weighted by atomic mass is 16.5. The number of aryl methyl sites for hydroxylation is 1. The molecule has 0 aliphatic heterocycles. The van der Waals surface area contributed by atoms with Gasteiger partial charge in [0.2, 0.25) is 0 Å². The molecule has 0 aliphatic rings. The number of nitrogens with two attached hydrogens (primary N) is 1. The third-order valence-corrected chi connectivity index (χ3v) is 3.19. The Hall–Kier alpha value is -1.55. The van der Waals surface area contributed by atoms with Crippen molar-refractivity contribution < 1.29 is 14.6 Å². The Labute approximate surface area is 108 Å². The molecule has 0 heterocycles. The Balaban J connectivity index is 3.05. The van der Waals surface area contributed by atoms with Gasteiger partial charge >= 0.3 is 5.97 Å². The van der Waals surface area contributed by atoms with Crippen molar-refractivity contribution >= 4 is 5.97 Å². The first-order chi connectivity index (χ1) is 8.38. The maximum absolute atomic E-state index is 11.3. The van der Waals surface area contributed by atoms with E-state index in [0.717, 1.165) is 16.9 Å². The van der Waals surface area contributed by atoms with E-state index in [-0.39, 0.29) is 5.92 Å². The Morgan fingerprint density at radius 3 is 2.39 bits per heavy atom. The van der Waals surface area contributed by atoms with Gasteiger partial charge in [0.15, 0.2) is 0 Å². The van der Waals surface area contributed by atoms with Crippen LogP contribution in [0, 0.1) is 18.8 Å². The van der Waals surface area contributed by atoms with Crippen LogP contribution in [0.3, 0.4) is 0 Å². The van der Waals surface area contributed by atoms with Crippen LogP contribution in [0.1, 0.15) is 31.0 Å². The molecular weight excluding hydrogens is 230 g/mol. The van der Waals surface area contributed by atoms with Gasteiger partial charge < -0.3 is 15.6 Å². The summed E-state index contributed by atoms with van der Waals surface area (Å²) in [6.45, 7) is 5.66. The van der Waals surface area contributed by atoms with Crippen molar-refractivity contribution in [1.82, 2.24) is 0 Å². The van der Waals surface area contributed by atoms with Gasteiger partial charge in [-0.05, 0) is 30.0 Å². The van der Waals surface area contributed by atoms with Crippen LogP contribution in [-0.4, -0.2) is 18.2 Å². The van der Waals surface area contributed by atoms with Crippen LogP contribution in [0.4, 0.5) is 0 Å². The van der Waals surface area contributed by atoms with Gasteiger partial charge in [-0.25, -0.2) is 0 Å². The van der Waals surface area contributed by atoms with Crippen molar-refractivity contribution in [3.8, 4) is 5.75 Å². The standard InChI is InChI=1S/C14H21NO3/c1-8(2)12(14(16)17)13(15)10-5-6-11(18-4)9(3)7-10/h5-8,12-13H,15H2,1-4H3,(H,16,17). The molecule has 0 bridgehead atoms. The molecule has 0 fully saturated rings. The highest BCUT2D eigenvalue weighted by molar-refractivity contribution is 5.71. The minimum Gasteiger partial charge on any atom is -0.496 e. The molecule has 1 aromatic carbocycles. The molecule has 4 nitrogen and oxygen atoms in total. The van der Waals surface area contributed by atoms with Crippen LogP contribution in [-0.2, 0) is 4.79 Å². The molecule has 0 radical (unpaired) electrons. The Kier molecular flexibility index (Phi) is 4.73. The van der Waals surface area contributed by atoms with Crippen LogP contribution in [0.25, 0.3) is 0 Å². The van der Waals surface area contributed by atoms with E-state index >= 15 is 0 Å². The van der Waals surface area contributed by atoms with E-state index in [2.05, 4.69) is 0 Å². The van der Waals surface area contributed by atoms with Gasteiger partial charge in [-0.15, -0.1) is 0 Å². The lowest BCUT2D eigenvalue weighted by Gasteiger charge is -2.24. The number of carboxylic acid groups (broad SMARTS) is 1. The highest BCUT2D eigenvalue weighted by Crippen LogP contribution is 2.29. The van der Waals surface area contributed by atoms with Gasteiger partial charge in [0.05, 0.1) is 13.0 Å². The van der Waals surface area contributed by atoms with Gasteiger partial charge in [0.1, 0.15) is 5.75 Å². The summed E-state index contributed by atoms with van der Waals surface area (Å²) in [5.41, 5.74) is 7.86. The highest BCUT2D eigenvalue weighted by Gasteiger charge is 2.29. The number of carboxylic acids is 1. The number of ether oxygens (including phenoxy) is 1. The quantitative estimate of drug-likeness (QED) is 0.842. The fourth-order valence-corrected chi connectivity index (χ4v) is 2.17. The Morgan fingerprint density at radius 1 is 1.39 bits per heavy atom. The second-order valence-corrected chi connectivity index (χ2v) is 4.86. The van der Waals surface area contributed by atoms with Crippen molar-refractivity contribution in [1.29, 1.82) is 0 Å². The van der Waals surface area contributed by atoms with E-state index < -0.39 is 17.9 Å². The second kappa shape index (κ2) is 5.87. The zero-order valence-corrected chi connectivity index (χ0v) is 11.3. The van der Waals surface area contributed by atoms with Gasteiger partial charge in [0.25, 0.3) is 0 Å². The molecule has 3 N–H and O–H groups in total. The van der Waals surface area contributed by atoms with Crippen LogP contribution in [0.5, 0.6) is 5.75 Å². The lowest BCUT2D eigenvalue weighted by Crippen LogP contribution is -2.32. The van der Waals surface area contributed by atoms with Gasteiger partial charge in [0, 0.05) is 6.04 Å². The first-order valence-electron chi connectivity index (χ1n) is 6.01. The van der Waals surface area contributed by atoms with Crippen molar-refractivity contribution in [3.05, 3.63) is 29.3 Å². The molecule has 1 rings (SSSR count). The van der Waals surface area contributed by atoms with Gasteiger partial charge in [-0.1, -0.05) is 26.0 Å². The molecule has 4 heteroatoms. The molecule has 0 spiro atoms. The summed E-state index contributed by atoms with van der Waals surface area (Å²) < 4.78 is 5.18. The summed E-state index contributed by atoms with van der Waals surface area (Å²) in [5.74, 6) is -0.675. The molecule has 0 aliphatic carbocycles. The Bertz CT molecular complexity index is 429. The van der Waals surface area contributed by atoms with E-state index in [4.69, 9.17) is 10.5 Å². The predicted molar refractivity (Wildman–Crippen MR) is 70.6 cm³/mol. The third kappa shape index (κ3) is 3.01. The summed E-state index contributed by atoms with van der Waals surface area (Å²) in [7, 11) is 1.61. The first-order valence-corrected chi connectivity index (χ1v) is 6.01. The molecule has 2 unspecified atom stereocenters. The number of aliphatic carboxylic acids is 1. The number of benzene rings is 1.